The molecule has 0 aliphatic heterocycles. The quantitative estimate of drug-likeness (QED) is 0.843. The van der Waals surface area contributed by atoms with Crippen molar-refractivity contribution in [2.45, 2.75) is 44.7 Å². The zero-order chi connectivity index (χ0) is 12.3. The van der Waals surface area contributed by atoms with Crippen LogP contribution in [0.5, 0.6) is 0 Å². The first-order valence-corrected chi connectivity index (χ1v) is 6.26. The van der Waals surface area contributed by atoms with Crippen LogP contribution in [-0.2, 0) is 4.79 Å². The van der Waals surface area contributed by atoms with Crippen LogP contribution in [0.1, 0.15) is 44.4 Å². The fourth-order valence-electron chi connectivity index (χ4n) is 2.41. The summed E-state index contributed by atoms with van der Waals surface area (Å²) >= 11 is 0. The van der Waals surface area contributed by atoms with Gasteiger partial charge in [0.15, 0.2) is 0 Å². The van der Waals surface area contributed by atoms with Gasteiger partial charge in [-0.15, -0.1) is 0 Å². The molecule has 94 valence electrons. The maximum absolute atomic E-state index is 12.0. The Morgan fingerprint density at radius 3 is 3.06 bits per heavy atom. The monoisotopic (exact) mass is 236 g/mol. The molecule has 0 radical (unpaired) electrons. The molecule has 1 amide bonds. The van der Waals surface area contributed by atoms with Crippen LogP contribution in [0, 0.1) is 5.92 Å². The van der Waals surface area contributed by atoms with Crippen molar-refractivity contribution in [2.24, 2.45) is 11.7 Å². The van der Waals surface area contributed by atoms with E-state index in [-0.39, 0.29) is 23.9 Å². The van der Waals surface area contributed by atoms with Crippen LogP contribution in [0.3, 0.4) is 0 Å². The first-order valence-electron chi connectivity index (χ1n) is 6.26. The topological polar surface area (TPSA) is 68.3 Å². The number of amides is 1. The summed E-state index contributed by atoms with van der Waals surface area (Å²) in [6, 6.07) is 3.81. The van der Waals surface area contributed by atoms with Gasteiger partial charge in [0.05, 0.1) is 12.3 Å². The molecule has 0 saturated heterocycles. The van der Waals surface area contributed by atoms with Crippen LogP contribution in [0.2, 0.25) is 0 Å². The number of hydrogen-bond acceptors (Lipinski definition) is 3. The van der Waals surface area contributed by atoms with E-state index in [0.29, 0.717) is 0 Å². The average molecular weight is 236 g/mol. The van der Waals surface area contributed by atoms with Crippen LogP contribution in [0.25, 0.3) is 0 Å². The molecule has 2 rings (SSSR count). The minimum atomic E-state index is -0.0735. The summed E-state index contributed by atoms with van der Waals surface area (Å²) in [7, 11) is 0. The maximum atomic E-state index is 12.0. The van der Waals surface area contributed by atoms with Crippen molar-refractivity contribution < 1.29 is 9.21 Å². The second-order valence-electron chi connectivity index (χ2n) is 4.87. The fourth-order valence-corrected chi connectivity index (χ4v) is 2.41. The van der Waals surface area contributed by atoms with E-state index in [9.17, 15) is 4.79 Å². The predicted octanol–water partition coefficient (Wildman–Crippen LogP) is 1.97. The van der Waals surface area contributed by atoms with Gasteiger partial charge in [-0.25, -0.2) is 0 Å². The van der Waals surface area contributed by atoms with Gasteiger partial charge in [-0.3, -0.25) is 4.79 Å². The van der Waals surface area contributed by atoms with E-state index in [0.717, 1.165) is 31.4 Å². The lowest BCUT2D eigenvalue weighted by Crippen LogP contribution is -2.38. The Kier molecular flexibility index (Phi) is 3.84. The van der Waals surface area contributed by atoms with Gasteiger partial charge in [-0.05, 0) is 38.3 Å². The highest BCUT2D eigenvalue weighted by molar-refractivity contribution is 5.79. The van der Waals surface area contributed by atoms with Crippen molar-refractivity contribution in [2.75, 3.05) is 0 Å². The summed E-state index contributed by atoms with van der Waals surface area (Å²) in [5, 5.41) is 2.98. The van der Waals surface area contributed by atoms with Crippen molar-refractivity contribution in [1.82, 2.24) is 5.32 Å². The van der Waals surface area contributed by atoms with Crippen LogP contribution in [0.15, 0.2) is 22.8 Å². The molecule has 4 nitrogen and oxygen atoms in total. The number of rotatable bonds is 3. The molecule has 3 N–H and O–H groups in total. The molecule has 1 aromatic heterocycles. The van der Waals surface area contributed by atoms with Gasteiger partial charge in [0.2, 0.25) is 5.91 Å². The Morgan fingerprint density at radius 2 is 2.41 bits per heavy atom. The van der Waals surface area contributed by atoms with Gasteiger partial charge in [0, 0.05) is 12.0 Å². The molecule has 1 heterocycles. The molecule has 0 aromatic carbocycles. The van der Waals surface area contributed by atoms with E-state index < -0.39 is 0 Å². The minimum Gasteiger partial charge on any atom is -0.467 e. The van der Waals surface area contributed by atoms with E-state index in [1.807, 2.05) is 19.1 Å². The number of nitrogens with one attached hydrogen (secondary N) is 1. The van der Waals surface area contributed by atoms with E-state index in [2.05, 4.69) is 5.32 Å². The van der Waals surface area contributed by atoms with Gasteiger partial charge >= 0.3 is 0 Å². The highest BCUT2D eigenvalue weighted by atomic mass is 16.3. The third-order valence-corrected chi connectivity index (χ3v) is 3.41. The molecule has 1 aliphatic rings. The number of hydrogen-bond donors (Lipinski definition) is 2. The molecular formula is C13H20N2O2. The van der Waals surface area contributed by atoms with Gasteiger partial charge in [0.25, 0.3) is 0 Å². The molecule has 0 bridgehead atoms. The smallest absolute Gasteiger partial charge is 0.223 e. The standard InChI is InChI=1S/C13H20N2O2/c1-9(12-6-3-7-17-12)15-13(16)10-4-2-5-11(14)8-10/h3,6-7,9-11H,2,4-5,8,14H2,1H3,(H,15,16)/t9-,10?,11?/m1/s1. The third-order valence-electron chi connectivity index (χ3n) is 3.41. The lowest BCUT2D eigenvalue weighted by atomic mass is 9.85. The van der Waals surface area contributed by atoms with Crippen LogP contribution in [0.4, 0.5) is 0 Å². The molecule has 2 unspecified atom stereocenters. The van der Waals surface area contributed by atoms with Crippen molar-refractivity contribution in [1.29, 1.82) is 0 Å². The van der Waals surface area contributed by atoms with Gasteiger partial charge < -0.3 is 15.5 Å². The molecule has 1 aromatic rings. The molecule has 1 aliphatic carbocycles. The van der Waals surface area contributed by atoms with Crippen LogP contribution in [-0.4, -0.2) is 11.9 Å². The SMILES string of the molecule is C[C@@H](NC(=O)C1CCCC(N)C1)c1ccco1. The third kappa shape index (κ3) is 3.09. The molecule has 4 heteroatoms. The van der Waals surface area contributed by atoms with Crippen molar-refractivity contribution >= 4 is 5.91 Å². The largest absolute Gasteiger partial charge is 0.467 e. The maximum Gasteiger partial charge on any atom is 0.223 e. The predicted molar refractivity (Wildman–Crippen MR) is 65.2 cm³/mol. The summed E-state index contributed by atoms with van der Waals surface area (Å²) in [5.74, 6) is 0.957. The molecule has 3 atom stereocenters. The minimum absolute atomic E-state index is 0.0659. The molecular weight excluding hydrogens is 216 g/mol. The second kappa shape index (κ2) is 5.36. The second-order valence-corrected chi connectivity index (χ2v) is 4.87. The fraction of sp³-hybridized carbons (Fsp3) is 0.615. The number of nitrogens with two attached hydrogens (primary N) is 1. The number of furan rings is 1. The molecule has 1 saturated carbocycles. The Balaban J connectivity index is 1.88. The molecule has 17 heavy (non-hydrogen) atoms. The van der Waals surface area contributed by atoms with Crippen LogP contribution >= 0.6 is 0 Å². The average Bonchev–Trinajstić information content (AvgIpc) is 2.82. The lowest BCUT2D eigenvalue weighted by molar-refractivity contribution is -0.126. The number of carbonyl (C=O) groups is 1. The highest BCUT2D eigenvalue weighted by Gasteiger charge is 2.26. The normalized spacial score (nSPS) is 26.5. The summed E-state index contributed by atoms with van der Waals surface area (Å²) in [6.07, 6.45) is 5.46. The van der Waals surface area contributed by atoms with Crippen molar-refractivity contribution in [3.8, 4) is 0 Å². The number of carbonyl (C=O) groups excluding carboxylic acids is 1. The van der Waals surface area contributed by atoms with Gasteiger partial charge in [-0.1, -0.05) is 6.42 Å². The first-order chi connectivity index (χ1) is 8.16. The Hall–Kier alpha value is -1.29. The summed E-state index contributed by atoms with van der Waals surface area (Å²) < 4.78 is 5.27. The molecule has 0 spiro atoms. The van der Waals surface area contributed by atoms with Gasteiger partial charge in [0.1, 0.15) is 5.76 Å². The zero-order valence-corrected chi connectivity index (χ0v) is 10.2. The summed E-state index contributed by atoms with van der Waals surface area (Å²) in [5.41, 5.74) is 5.89. The van der Waals surface area contributed by atoms with E-state index in [1.165, 1.54) is 0 Å². The zero-order valence-electron chi connectivity index (χ0n) is 10.2. The van der Waals surface area contributed by atoms with E-state index >= 15 is 0 Å². The van der Waals surface area contributed by atoms with Gasteiger partial charge in [-0.2, -0.15) is 0 Å². The summed E-state index contributed by atoms with van der Waals surface area (Å²) in [4.78, 5) is 12.0. The van der Waals surface area contributed by atoms with Crippen molar-refractivity contribution in [3.63, 3.8) is 0 Å². The Labute approximate surface area is 102 Å². The summed E-state index contributed by atoms with van der Waals surface area (Å²) in [6.45, 7) is 1.93. The van der Waals surface area contributed by atoms with E-state index in [4.69, 9.17) is 10.2 Å². The highest BCUT2D eigenvalue weighted by Crippen LogP contribution is 2.24. The lowest BCUT2D eigenvalue weighted by Gasteiger charge is -2.26. The Morgan fingerprint density at radius 1 is 1.59 bits per heavy atom. The first kappa shape index (κ1) is 12.2. The van der Waals surface area contributed by atoms with Crippen LogP contribution < -0.4 is 11.1 Å². The van der Waals surface area contributed by atoms with E-state index in [1.54, 1.807) is 6.26 Å². The Bertz CT molecular complexity index is 362. The van der Waals surface area contributed by atoms with Crippen molar-refractivity contribution in [3.05, 3.63) is 24.2 Å². The molecule has 1 fully saturated rings.